The molecule has 1 aliphatic carbocycles. The summed E-state index contributed by atoms with van der Waals surface area (Å²) in [5, 5.41) is 2.77. The summed E-state index contributed by atoms with van der Waals surface area (Å²) in [5.41, 5.74) is 3.79. The third kappa shape index (κ3) is 3.08. The molecule has 2 amide bonds. The van der Waals surface area contributed by atoms with Gasteiger partial charge in [-0.3, -0.25) is 9.59 Å². The molecule has 1 saturated carbocycles. The van der Waals surface area contributed by atoms with E-state index in [1.165, 1.54) is 16.8 Å². The number of nitrogens with one attached hydrogen (secondary N) is 1. The Balaban J connectivity index is 1.58. The Labute approximate surface area is 131 Å². The molecule has 22 heavy (non-hydrogen) atoms. The normalized spacial score (nSPS) is 18.3. The van der Waals surface area contributed by atoms with Crippen molar-refractivity contribution in [2.75, 3.05) is 31.1 Å². The summed E-state index contributed by atoms with van der Waals surface area (Å²) in [6.07, 6.45) is 2.00. The van der Waals surface area contributed by atoms with E-state index in [0.717, 1.165) is 25.9 Å². The molecular formula is C17H23N3O2. The van der Waals surface area contributed by atoms with Crippen LogP contribution >= 0.6 is 0 Å². The van der Waals surface area contributed by atoms with Crippen LogP contribution in [-0.2, 0) is 9.59 Å². The van der Waals surface area contributed by atoms with Gasteiger partial charge >= 0.3 is 11.8 Å². The number of hydrogen-bond donors (Lipinski definition) is 1. The zero-order valence-corrected chi connectivity index (χ0v) is 13.3. The van der Waals surface area contributed by atoms with Crippen LogP contribution in [0.15, 0.2) is 18.2 Å². The Kier molecular flexibility index (Phi) is 4.05. The zero-order chi connectivity index (χ0) is 15.7. The van der Waals surface area contributed by atoms with Crippen molar-refractivity contribution in [1.82, 2.24) is 10.2 Å². The first-order valence-electron chi connectivity index (χ1n) is 7.97. The van der Waals surface area contributed by atoms with Crippen molar-refractivity contribution in [2.45, 2.75) is 32.7 Å². The Morgan fingerprint density at radius 3 is 2.41 bits per heavy atom. The van der Waals surface area contributed by atoms with E-state index in [-0.39, 0.29) is 11.9 Å². The number of rotatable bonds is 2. The van der Waals surface area contributed by atoms with Crippen molar-refractivity contribution in [3.05, 3.63) is 29.3 Å². The third-order valence-electron chi connectivity index (χ3n) is 4.59. The maximum Gasteiger partial charge on any atom is 0.312 e. The smallest absolute Gasteiger partial charge is 0.312 e. The lowest BCUT2D eigenvalue weighted by Gasteiger charge is -2.36. The van der Waals surface area contributed by atoms with Crippen molar-refractivity contribution in [1.29, 1.82) is 0 Å². The second-order valence-corrected chi connectivity index (χ2v) is 6.25. The Morgan fingerprint density at radius 2 is 1.77 bits per heavy atom. The molecule has 1 aromatic rings. The lowest BCUT2D eigenvalue weighted by atomic mass is 10.1. The summed E-state index contributed by atoms with van der Waals surface area (Å²) >= 11 is 0. The minimum atomic E-state index is -0.442. The minimum absolute atomic E-state index is 0.229. The molecule has 1 heterocycles. The molecule has 5 heteroatoms. The van der Waals surface area contributed by atoms with Gasteiger partial charge in [0.05, 0.1) is 0 Å². The average Bonchev–Trinajstić information content (AvgIpc) is 3.33. The van der Waals surface area contributed by atoms with Crippen molar-refractivity contribution >= 4 is 17.5 Å². The van der Waals surface area contributed by atoms with Crippen molar-refractivity contribution in [2.24, 2.45) is 0 Å². The van der Waals surface area contributed by atoms with Crippen LogP contribution < -0.4 is 10.2 Å². The number of nitrogens with zero attached hydrogens (tertiary/aromatic N) is 2. The fourth-order valence-corrected chi connectivity index (χ4v) is 2.85. The van der Waals surface area contributed by atoms with Gasteiger partial charge in [0.25, 0.3) is 0 Å². The summed E-state index contributed by atoms with van der Waals surface area (Å²) in [6.45, 7) is 6.99. The first-order chi connectivity index (χ1) is 10.6. The first-order valence-corrected chi connectivity index (χ1v) is 7.97. The zero-order valence-electron chi connectivity index (χ0n) is 13.3. The molecule has 0 atom stereocenters. The topological polar surface area (TPSA) is 52.7 Å². The summed E-state index contributed by atoms with van der Waals surface area (Å²) in [7, 11) is 0. The lowest BCUT2D eigenvalue weighted by molar-refractivity contribution is -0.146. The van der Waals surface area contributed by atoms with Crippen LogP contribution in [-0.4, -0.2) is 48.9 Å². The van der Waals surface area contributed by atoms with Crippen molar-refractivity contribution in [3.63, 3.8) is 0 Å². The average molecular weight is 301 g/mol. The quantitative estimate of drug-likeness (QED) is 0.836. The highest BCUT2D eigenvalue weighted by Gasteiger charge is 2.30. The maximum atomic E-state index is 12.1. The monoisotopic (exact) mass is 301 g/mol. The molecule has 118 valence electrons. The van der Waals surface area contributed by atoms with Gasteiger partial charge in [0, 0.05) is 37.9 Å². The number of hydrogen-bond acceptors (Lipinski definition) is 3. The van der Waals surface area contributed by atoms with Crippen LogP contribution in [0.25, 0.3) is 0 Å². The molecule has 1 aliphatic heterocycles. The molecule has 0 unspecified atom stereocenters. The van der Waals surface area contributed by atoms with Gasteiger partial charge in [-0.25, -0.2) is 0 Å². The molecule has 0 aromatic heterocycles. The fraction of sp³-hybridized carbons (Fsp3) is 0.529. The number of anilines is 1. The van der Waals surface area contributed by atoms with E-state index in [0.29, 0.717) is 13.1 Å². The molecule has 2 aliphatic rings. The standard InChI is InChI=1S/C17H23N3O2/c1-12-4-3-5-15(13(12)2)19-8-10-20(11-9-19)17(22)16(21)18-14-6-7-14/h3-5,14H,6-11H2,1-2H3,(H,18,21). The van der Waals surface area contributed by atoms with E-state index in [9.17, 15) is 9.59 Å². The predicted octanol–water partition coefficient (Wildman–Crippen LogP) is 1.23. The van der Waals surface area contributed by atoms with E-state index >= 15 is 0 Å². The van der Waals surface area contributed by atoms with E-state index in [2.05, 4.69) is 42.3 Å². The van der Waals surface area contributed by atoms with E-state index in [4.69, 9.17) is 0 Å². The van der Waals surface area contributed by atoms with Crippen molar-refractivity contribution in [3.8, 4) is 0 Å². The van der Waals surface area contributed by atoms with Gasteiger partial charge in [-0.2, -0.15) is 0 Å². The van der Waals surface area contributed by atoms with Gasteiger partial charge in [-0.1, -0.05) is 12.1 Å². The minimum Gasteiger partial charge on any atom is -0.368 e. The van der Waals surface area contributed by atoms with Gasteiger partial charge in [-0.05, 0) is 43.9 Å². The second kappa shape index (κ2) is 5.99. The Bertz CT molecular complexity index is 588. The largest absolute Gasteiger partial charge is 0.368 e. The maximum absolute atomic E-state index is 12.1. The van der Waals surface area contributed by atoms with Crippen LogP contribution in [0.4, 0.5) is 5.69 Å². The number of carbonyl (C=O) groups is 2. The van der Waals surface area contributed by atoms with Crippen LogP contribution in [0.3, 0.4) is 0 Å². The lowest BCUT2D eigenvalue weighted by Crippen LogP contribution is -2.53. The van der Waals surface area contributed by atoms with Crippen LogP contribution in [0.2, 0.25) is 0 Å². The third-order valence-corrected chi connectivity index (χ3v) is 4.59. The molecule has 1 N–H and O–H groups in total. The molecule has 0 spiro atoms. The summed E-state index contributed by atoms with van der Waals surface area (Å²) < 4.78 is 0. The van der Waals surface area contributed by atoms with Crippen LogP contribution in [0, 0.1) is 13.8 Å². The molecule has 0 bridgehead atoms. The first kappa shape index (κ1) is 14.9. The number of amides is 2. The molecule has 1 aromatic carbocycles. The van der Waals surface area contributed by atoms with E-state index < -0.39 is 5.91 Å². The van der Waals surface area contributed by atoms with E-state index in [1.807, 2.05) is 0 Å². The van der Waals surface area contributed by atoms with Gasteiger partial charge in [0.15, 0.2) is 0 Å². The summed E-state index contributed by atoms with van der Waals surface area (Å²) in [4.78, 5) is 27.9. The molecule has 3 rings (SSSR count). The molecule has 1 saturated heterocycles. The second-order valence-electron chi connectivity index (χ2n) is 6.25. The van der Waals surface area contributed by atoms with Crippen LogP contribution in [0.5, 0.6) is 0 Å². The number of aryl methyl sites for hydroxylation is 1. The van der Waals surface area contributed by atoms with Crippen molar-refractivity contribution < 1.29 is 9.59 Å². The molecule has 5 nitrogen and oxygen atoms in total. The van der Waals surface area contributed by atoms with Gasteiger partial charge in [-0.15, -0.1) is 0 Å². The number of benzene rings is 1. The fourth-order valence-electron chi connectivity index (χ4n) is 2.85. The highest BCUT2D eigenvalue weighted by molar-refractivity contribution is 6.35. The summed E-state index contributed by atoms with van der Waals surface area (Å²) in [6, 6.07) is 6.53. The molecule has 0 radical (unpaired) electrons. The Hall–Kier alpha value is -2.04. The highest BCUT2D eigenvalue weighted by atomic mass is 16.2. The van der Waals surface area contributed by atoms with Gasteiger partial charge in [0.2, 0.25) is 0 Å². The highest BCUT2D eigenvalue weighted by Crippen LogP contribution is 2.24. The molecular weight excluding hydrogens is 278 g/mol. The van der Waals surface area contributed by atoms with Gasteiger partial charge in [0.1, 0.15) is 0 Å². The SMILES string of the molecule is Cc1cccc(N2CCN(C(=O)C(=O)NC3CC3)CC2)c1C. The Morgan fingerprint density at radius 1 is 1.09 bits per heavy atom. The molecule has 2 fully saturated rings. The van der Waals surface area contributed by atoms with E-state index in [1.54, 1.807) is 4.90 Å². The van der Waals surface area contributed by atoms with Crippen LogP contribution in [0.1, 0.15) is 24.0 Å². The number of carbonyl (C=O) groups excluding carboxylic acids is 2. The number of piperazine rings is 1. The van der Waals surface area contributed by atoms with Gasteiger partial charge < -0.3 is 15.1 Å². The predicted molar refractivity (Wildman–Crippen MR) is 85.9 cm³/mol. The summed E-state index contributed by atoms with van der Waals surface area (Å²) in [5.74, 6) is -0.824.